The molecular formula is C18H28N2O. The van der Waals surface area contributed by atoms with Crippen LogP contribution in [0.2, 0.25) is 0 Å². The van der Waals surface area contributed by atoms with Crippen LogP contribution in [0.5, 0.6) is 0 Å². The van der Waals surface area contributed by atoms with Gasteiger partial charge < -0.3 is 5.32 Å². The van der Waals surface area contributed by atoms with Crippen molar-refractivity contribution in [3.63, 3.8) is 0 Å². The SMILES string of the molecule is CC(Cc1ccccn1)NC(=O)C1C(C)CCCC1(C)C. The summed E-state index contributed by atoms with van der Waals surface area (Å²) in [5.74, 6) is 0.809. The lowest BCUT2D eigenvalue weighted by atomic mass is 9.64. The molecule has 1 saturated carbocycles. The average molecular weight is 288 g/mol. The topological polar surface area (TPSA) is 42.0 Å². The molecule has 1 aliphatic rings. The quantitative estimate of drug-likeness (QED) is 0.920. The largest absolute Gasteiger partial charge is 0.353 e. The van der Waals surface area contributed by atoms with Gasteiger partial charge in [-0.25, -0.2) is 0 Å². The Morgan fingerprint density at radius 2 is 2.24 bits per heavy atom. The van der Waals surface area contributed by atoms with Gasteiger partial charge in [0.2, 0.25) is 5.91 Å². The third-order valence-electron chi connectivity index (χ3n) is 4.80. The first-order valence-corrected chi connectivity index (χ1v) is 8.10. The van der Waals surface area contributed by atoms with Crippen molar-refractivity contribution in [1.29, 1.82) is 0 Å². The number of pyridine rings is 1. The van der Waals surface area contributed by atoms with Crippen molar-refractivity contribution in [2.75, 3.05) is 0 Å². The Morgan fingerprint density at radius 1 is 1.48 bits per heavy atom. The minimum atomic E-state index is 0.104. The van der Waals surface area contributed by atoms with Crippen LogP contribution < -0.4 is 5.32 Å². The molecule has 0 bridgehead atoms. The molecule has 3 unspecified atom stereocenters. The van der Waals surface area contributed by atoms with Crippen LogP contribution in [0.4, 0.5) is 0 Å². The first-order chi connectivity index (χ1) is 9.90. The third-order valence-corrected chi connectivity index (χ3v) is 4.80. The smallest absolute Gasteiger partial charge is 0.224 e. The molecule has 3 atom stereocenters. The normalized spacial score (nSPS) is 26.1. The third kappa shape index (κ3) is 4.05. The molecule has 116 valence electrons. The lowest BCUT2D eigenvalue weighted by molar-refractivity contribution is -0.133. The van der Waals surface area contributed by atoms with Crippen molar-refractivity contribution in [2.45, 2.75) is 59.4 Å². The number of rotatable bonds is 4. The first kappa shape index (κ1) is 16.0. The second-order valence-corrected chi connectivity index (χ2v) is 7.27. The first-order valence-electron chi connectivity index (χ1n) is 8.10. The maximum Gasteiger partial charge on any atom is 0.224 e. The van der Waals surface area contributed by atoms with E-state index in [4.69, 9.17) is 0 Å². The summed E-state index contributed by atoms with van der Waals surface area (Å²) in [5, 5.41) is 3.21. The van der Waals surface area contributed by atoms with Crippen LogP contribution >= 0.6 is 0 Å². The van der Waals surface area contributed by atoms with Gasteiger partial charge in [-0.15, -0.1) is 0 Å². The molecule has 0 aliphatic heterocycles. The minimum absolute atomic E-state index is 0.104. The summed E-state index contributed by atoms with van der Waals surface area (Å²) in [6.45, 7) is 8.74. The van der Waals surface area contributed by atoms with Gasteiger partial charge in [-0.2, -0.15) is 0 Å². The van der Waals surface area contributed by atoms with Crippen molar-refractivity contribution < 1.29 is 4.79 Å². The van der Waals surface area contributed by atoms with Gasteiger partial charge in [0.25, 0.3) is 0 Å². The van der Waals surface area contributed by atoms with Gasteiger partial charge in [-0.05, 0) is 43.2 Å². The maximum absolute atomic E-state index is 12.7. The van der Waals surface area contributed by atoms with Gasteiger partial charge in [-0.1, -0.05) is 33.3 Å². The molecule has 1 aromatic heterocycles. The summed E-state index contributed by atoms with van der Waals surface area (Å²) < 4.78 is 0. The number of carbonyl (C=O) groups is 1. The van der Waals surface area contributed by atoms with E-state index in [2.05, 4.69) is 38.0 Å². The summed E-state index contributed by atoms with van der Waals surface area (Å²) in [7, 11) is 0. The molecule has 0 spiro atoms. The zero-order chi connectivity index (χ0) is 15.5. The summed E-state index contributed by atoms with van der Waals surface area (Å²) >= 11 is 0. The molecule has 1 aliphatic carbocycles. The van der Waals surface area contributed by atoms with Crippen LogP contribution in [0.3, 0.4) is 0 Å². The van der Waals surface area contributed by atoms with Crippen molar-refractivity contribution in [3.8, 4) is 0 Å². The number of nitrogens with one attached hydrogen (secondary N) is 1. The van der Waals surface area contributed by atoms with Gasteiger partial charge in [0.05, 0.1) is 0 Å². The van der Waals surface area contributed by atoms with Crippen LogP contribution in [-0.2, 0) is 11.2 Å². The Hall–Kier alpha value is -1.38. The Morgan fingerprint density at radius 3 is 2.86 bits per heavy atom. The molecule has 0 saturated heterocycles. The summed E-state index contributed by atoms with van der Waals surface area (Å²) in [5.41, 5.74) is 1.13. The molecule has 21 heavy (non-hydrogen) atoms. The molecule has 1 heterocycles. The van der Waals surface area contributed by atoms with E-state index in [-0.39, 0.29) is 23.3 Å². The Labute approximate surface area is 128 Å². The highest BCUT2D eigenvalue weighted by molar-refractivity contribution is 5.80. The molecule has 0 radical (unpaired) electrons. The lowest BCUT2D eigenvalue weighted by Crippen LogP contribution is -2.47. The molecule has 2 rings (SSSR count). The zero-order valence-corrected chi connectivity index (χ0v) is 13.7. The fourth-order valence-electron chi connectivity index (χ4n) is 3.80. The number of hydrogen-bond donors (Lipinski definition) is 1. The Balaban J connectivity index is 1.96. The highest BCUT2D eigenvalue weighted by Gasteiger charge is 2.41. The zero-order valence-electron chi connectivity index (χ0n) is 13.7. The highest BCUT2D eigenvalue weighted by atomic mass is 16.2. The molecule has 0 aromatic carbocycles. The van der Waals surface area contributed by atoms with E-state index < -0.39 is 0 Å². The number of nitrogens with zero attached hydrogens (tertiary/aromatic N) is 1. The van der Waals surface area contributed by atoms with Crippen LogP contribution in [0, 0.1) is 17.3 Å². The highest BCUT2D eigenvalue weighted by Crippen LogP contribution is 2.43. The predicted octanol–water partition coefficient (Wildman–Crippen LogP) is 3.59. The maximum atomic E-state index is 12.7. The van der Waals surface area contributed by atoms with E-state index in [1.54, 1.807) is 6.20 Å². The van der Waals surface area contributed by atoms with E-state index in [9.17, 15) is 4.79 Å². The molecular weight excluding hydrogens is 260 g/mol. The van der Waals surface area contributed by atoms with Crippen molar-refractivity contribution in [3.05, 3.63) is 30.1 Å². The van der Waals surface area contributed by atoms with Gasteiger partial charge in [0, 0.05) is 30.3 Å². The van der Waals surface area contributed by atoms with Crippen LogP contribution in [0.15, 0.2) is 24.4 Å². The van der Waals surface area contributed by atoms with E-state index in [0.717, 1.165) is 25.0 Å². The molecule has 1 amide bonds. The van der Waals surface area contributed by atoms with Crippen LogP contribution in [0.25, 0.3) is 0 Å². The van der Waals surface area contributed by atoms with Gasteiger partial charge >= 0.3 is 0 Å². The summed E-state index contributed by atoms with van der Waals surface area (Å²) in [6.07, 6.45) is 6.13. The Bertz CT molecular complexity index is 469. The van der Waals surface area contributed by atoms with Gasteiger partial charge in [0.1, 0.15) is 0 Å². The number of aromatic nitrogens is 1. The fraction of sp³-hybridized carbons (Fsp3) is 0.667. The number of amides is 1. The molecule has 1 N–H and O–H groups in total. The van der Waals surface area contributed by atoms with E-state index in [1.165, 1.54) is 6.42 Å². The van der Waals surface area contributed by atoms with E-state index >= 15 is 0 Å². The standard InChI is InChI=1S/C18H28N2O/c1-13-8-7-10-18(3,4)16(13)17(21)20-14(2)12-15-9-5-6-11-19-15/h5-6,9,11,13-14,16H,7-8,10,12H2,1-4H3,(H,20,21). The van der Waals surface area contributed by atoms with Crippen molar-refractivity contribution >= 4 is 5.91 Å². The van der Waals surface area contributed by atoms with Crippen LogP contribution in [0.1, 0.15) is 52.7 Å². The van der Waals surface area contributed by atoms with Crippen molar-refractivity contribution in [1.82, 2.24) is 10.3 Å². The van der Waals surface area contributed by atoms with Gasteiger partial charge in [0.15, 0.2) is 0 Å². The monoisotopic (exact) mass is 288 g/mol. The second-order valence-electron chi connectivity index (χ2n) is 7.27. The Kier molecular flexibility index (Phi) is 5.02. The fourth-order valence-corrected chi connectivity index (χ4v) is 3.80. The lowest BCUT2D eigenvalue weighted by Gasteiger charge is -2.42. The number of hydrogen-bond acceptors (Lipinski definition) is 2. The molecule has 3 heteroatoms. The minimum Gasteiger partial charge on any atom is -0.353 e. The number of carbonyl (C=O) groups excluding carboxylic acids is 1. The van der Waals surface area contributed by atoms with Crippen LogP contribution in [-0.4, -0.2) is 16.9 Å². The molecule has 1 aromatic rings. The molecule has 1 fully saturated rings. The average Bonchev–Trinajstić information content (AvgIpc) is 2.38. The summed E-state index contributed by atoms with van der Waals surface area (Å²) in [6, 6.07) is 6.04. The second kappa shape index (κ2) is 6.59. The molecule has 3 nitrogen and oxygen atoms in total. The van der Waals surface area contributed by atoms with Gasteiger partial charge in [-0.3, -0.25) is 9.78 Å². The van der Waals surface area contributed by atoms with E-state index in [0.29, 0.717) is 5.92 Å². The summed E-state index contributed by atoms with van der Waals surface area (Å²) in [4.78, 5) is 17.0. The van der Waals surface area contributed by atoms with Crippen molar-refractivity contribution in [2.24, 2.45) is 17.3 Å². The van der Waals surface area contributed by atoms with E-state index in [1.807, 2.05) is 18.2 Å². The predicted molar refractivity (Wildman–Crippen MR) is 85.8 cm³/mol.